The van der Waals surface area contributed by atoms with Crippen LogP contribution < -0.4 is 9.47 Å². The topological polar surface area (TPSA) is 55.8 Å². The summed E-state index contributed by atoms with van der Waals surface area (Å²) in [6.45, 7) is 2.55. The molecule has 0 unspecified atom stereocenters. The Morgan fingerprint density at radius 3 is 2.33 bits per heavy atom. The number of rotatable bonds is 7. The number of methoxy groups -OCH3 is 1. The van der Waals surface area contributed by atoms with Crippen LogP contribution in [-0.2, 0) is 16.6 Å². The maximum Gasteiger partial charge on any atom is 0.243 e. The van der Waals surface area contributed by atoms with Crippen molar-refractivity contribution in [3.8, 4) is 11.5 Å². The van der Waals surface area contributed by atoms with Gasteiger partial charge in [0.25, 0.3) is 0 Å². The summed E-state index contributed by atoms with van der Waals surface area (Å²) in [6.07, 6.45) is 0. The fourth-order valence-electron chi connectivity index (χ4n) is 2.17. The third kappa shape index (κ3) is 4.20. The van der Waals surface area contributed by atoms with E-state index in [1.54, 1.807) is 25.3 Å². The van der Waals surface area contributed by atoms with Gasteiger partial charge >= 0.3 is 0 Å². The Bertz CT molecular complexity index is 791. The Labute approximate surface area is 147 Å². The van der Waals surface area contributed by atoms with Gasteiger partial charge in [-0.15, -0.1) is 0 Å². The Hall–Kier alpha value is -1.76. The molecular formula is C17H20ClNO4S. The van der Waals surface area contributed by atoms with Crippen LogP contribution in [0.25, 0.3) is 0 Å². The molecule has 0 radical (unpaired) electrons. The Balaban J connectivity index is 2.20. The molecule has 2 aromatic carbocycles. The van der Waals surface area contributed by atoms with Crippen molar-refractivity contribution in [3.63, 3.8) is 0 Å². The Morgan fingerprint density at radius 2 is 1.79 bits per heavy atom. The number of hydrogen-bond donors (Lipinski definition) is 0. The molecule has 0 aromatic heterocycles. The third-order valence-electron chi connectivity index (χ3n) is 3.48. The molecule has 0 saturated carbocycles. The summed E-state index contributed by atoms with van der Waals surface area (Å²) in [5, 5.41) is 0.274. The first-order valence-corrected chi connectivity index (χ1v) is 9.22. The molecule has 2 rings (SSSR count). The summed E-state index contributed by atoms with van der Waals surface area (Å²) in [6, 6.07) is 11.7. The number of halogens is 1. The second-order valence-corrected chi connectivity index (χ2v) is 7.59. The van der Waals surface area contributed by atoms with Gasteiger partial charge in [-0.25, -0.2) is 8.42 Å². The fraction of sp³-hybridized carbons (Fsp3) is 0.294. The van der Waals surface area contributed by atoms with E-state index >= 15 is 0 Å². The fourth-order valence-corrected chi connectivity index (χ4v) is 3.65. The third-order valence-corrected chi connectivity index (χ3v) is 5.57. The lowest BCUT2D eigenvalue weighted by molar-refractivity contribution is 0.340. The Kier molecular flexibility index (Phi) is 6.10. The van der Waals surface area contributed by atoms with Gasteiger partial charge in [0, 0.05) is 13.6 Å². The van der Waals surface area contributed by atoms with E-state index in [2.05, 4.69) is 0 Å². The lowest BCUT2D eigenvalue weighted by atomic mass is 10.2. The first-order valence-electron chi connectivity index (χ1n) is 7.40. The van der Waals surface area contributed by atoms with Crippen LogP contribution in [0.4, 0.5) is 0 Å². The van der Waals surface area contributed by atoms with E-state index in [4.69, 9.17) is 21.1 Å². The van der Waals surface area contributed by atoms with Crippen LogP contribution in [0.1, 0.15) is 12.5 Å². The van der Waals surface area contributed by atoms with Gasteiger partial charge in [0.1, 0.15) is 11.5 Å². The molecule has 0 aliphatic carbocycles. The zero-order valence-electron chi connectivity index (χ0n) is 13.8. The zero-order valence-corrected chi connectivity index (χ0v) is 15.4. The van der Waals surface area contributed by atoms with Crippen LogP contribution in [0.5, 0.6) is 11.5 Å². The lowest BCUT2D eigenvalue weighted by Crippen LogP contribution is -2.26. The zero-order chi connectivity index (χ0) is 17.7. The minimum atomic E-state index is -3.64. The summed E-state index contributed by atoms with van der Waals surface area (Å²) < 4.78 is 37.1. The average molecular weight is 370 g/mol. The summed E-state index contributed by atoms with van der Waals surface area (Å²) in [4.78, 5) is 0.131. The predicted octanol–water partition coefficient (Wildman–Crippen LogP) is 3.57. The van der Waals surface area contributed by atoms with Crippen LogP contribution in [0.15, 0.2) is 47.4 Å². The van der Waals surface area contributed by atoms with Gasteiger partial charge in [-0.2, -0.15) is 4.31 Å². The smallest absolute Gasteiger partial charge is 0.243 e. The molecule has 0 fully saturated rings. The molecule has 0 bridgehead atoms. The minimum absolute atomic E-state index is 0.131. The van der Waals surface area contributed by atoms with Crippen molar-refractivity contribution >= 4 is 21.6 Å². The van der Waals surface area contributed by atoms with E-state index in [0.717, 1.165) is 11.3 Å². The summed E-state index contributed by atoms with van der Waals surface area (Å²) >= 11 is 6.09. The van der Waals surface area contributed by atoms with Crippen molar-refractivity contribution in [1.29, 1.82) is 0 Å². The molecule has 0 heterocycles. The molecule has 0 saturated heterocycles. The van der Waals surface area contributed by atoms with Crippen LogP contribution in [-0.4, -0.2) is 33.5 Å². The van der Waals surface area contributed by atoms with Crippen molar-refractivity contribution in [2.45, 2.75) is 18.4 Å². The largest absolute Gasteiger partial charge is 0.497 e. The monoisotopic (exact) mass is 369 g/mol. The highest BCUT2D eigenvalue weighted by atomic mass is 35.5. The molecule has 7 heteroatoms. The SMILES string of the molecule is CCOc1ccc(S(=O)(=O)N(C)Cc2ccc(OC)cc2)cc1Cl. The van der Waals surface area contributed by atoms with Crippen LogP contribution >= 0.6 is 11.6 Å². The van der Waals surface area contributed by atoms with E-state index in [1.807, 2.05) is 19.1 Å². The highest BCUT2D eigenvalue weighted by Gasteiger charge is 2.22. The molecule has 0 atom stereocenters. The van der Waals surface area contributed by atoms with Crippen LogP contribution in [0.2, 0.25) is 5.02 Å². The van der Waals surface area contributed by atoms with E-state index < -0.39 is 10.0 Å². The standard InChI is InChI=1S/C17H20ClNO4S/c1-4-23-17-10-9-15(11-16(17)18)24(20,21)19(2)12-13-5-7-14(22-3)8-6-13/h5-11H,4,12H2,1-3H3. The first-order chi connectivity index (χ1) is 11.4. The molecule has 2 aromatic rings. The highest BCUT2D eigenvalue weighted by Crippen LogP contribution is 2.29. The van der Waals surface area contributed by atoms with Gasteiger partial charge in [-0.3, -0.25) is 0 Å². The maximum absolute atomic E-state index is 12.7. The summed E-state index contributed by atoms with van der Waals surface area (Å²) in [7, 11) is -0.529. The van der Waals surface area contributed by atoms with E-state index in [-0.39, 0.29) is 16.5 Å². The normalized spacial score (nSPS) is 11.5. The number of nitrogens with zero attached hydrogens (tertiary/aromatic N) is 1. The molecule has 0 aliphatic heterocycles. The van der Waals surface area contributed by atoms with Gasteiger partial charge in [-0.05, 0) is 42.8 Å². The van der Waals surface area contributed by atoms with Crippen molar-refractivity contribution in [2.75, 3.05) is 20.8 Å². The number of benzene rings is 2. The second-order valence-electron chi connectivity index (χ2n) is 5.13. The van der Waals surface area contributed by atoms with E-state index in [0.29, 0.717) is 12.4 Å². The van der Waals surface area contributed by atoms with Crippen molar-refractivity contribution in [1.82, 2.24) is 4.31 Å². The summed E-state index contributed by atoms with van der Waals surface area (Å²) in [5.41, 5.74) is 0.860. The molecule has 0 N–H and O–H groups in total. The van der Waals surface area contributed by atoms with Gasteiger partial charge in [-0.1, -0.05) is 23.7 Å². The van der Waals surface area contributed by atoms with Crippen molar-refractivity contribution in [2.24, 2.45) is 0 Å². The van der Waals surface area contributed by atoms with Gasteiger partial charge in [0.05, 0.1) is 23.6 Å². The van der Waals surface area contributed by atoms with Gasteiger partial charge in [0.15, 0.2) is 0 Å². The van der Waals surface area contributed by atoms with Crippen LogP contribution in [0, 0.1) is 0 Å². The van der Waals surface area contributed by atoms with Crippen LogP contribution in [0.3, 0.4) is 0 Å². The van der Waals surface area contributed by atoms with E-state index in [1.165, 1.54) is 23.5 Å². The molecule has 0 amide bonds. The molecule has 0 aliphatic rings. The summed E-state index contributed by atoms with van der Waals surface area (Å²) in [5.74, 6) is 1.19. The van der Waals surface area contributed by atoms with Crippen molar-refractivity contribution in [3.05, 3.63) is 53.1 Å². The molecule has 5 nitrogen and oxygen atoms in total. The quantitative estimate of drug-likeness (QED) is 0.748. The lowest BCUT2D eigenvalue weighted by Gasteiger charge is -2.18. The average Bonchev–Trinajstić information content (AvgIpc) is 2.57. The number of sulfonamides is 1. The molecule has 0 spiro atoms. The maximum atomic E-state index is 12.7. The first kappa shape index (κ1) is 18.6. The predicted molar refractivity (Wildman–Crippen MR) is 94.3 cm³/mol. The highest BCUT2D eigenvalue weighted by molar-refractivity contribution is 7.89. The molecule has 24 heavy (non-hydrogen) atoms. The van der Waals surface area contributed by atoms with Gasteiger partial charge in [0.2, 0.25) is 10.0 Å². The van der Waals surface area contributed by atoms with Gasteiger partial charge < -0.3 is 9.47 Å². The number of hydrogen-bond acceptors (Lipinski definition) is 4. The number of ether oxygens (including phenoxy) is 2. The minimum Gasteiger partial charge on any atom is -0.497 e. The molecule has 130 valence electrons. The second kappa shape index (κ2) is 7.88. The molecular weight excluding hydrogens is 350 g/mol. The van der Waals surface area contributed by atoms with E-state index in [9.17, 15) is 8.42 Å². The van der Waals surface area contributed by atoms with Crippen molar-refractivity contribution < 1.29 is 17.9 Å². The Morgan fingerprint density at radius 1 is 1.12 bits per heavy atom.